The van der Waals surface area contributed by atoms with Crippen LogP contribution in [0.5, 0.6) is 0 Å². The van der Waals surface area contributed by atoms with Crippen LogP contribution in [0.1, 0.15) is 59.3 Å². The molecule has 3 aliphatic carbocycles. The van der Waals surface area contributed by atoms with Crippen molar-refractivity contribution in [3.05, 3.63) is 0 Å². The van der Waals surface area contributed by atoms with Crippen molar-refractivity contribution in [1.82, 2.24) is 4.90 Å². The fourth-order valence-corrected chi connectivity index (χ4v) is 3.99. The van der Waals surface area contributed by atoms with Crippen LogP contribution in [0.25, 0.3) is 0 Å². The average molecular weight is 264 g/mol. The summed E-state index contributed by atoms with van der Waals surface area (Å²) in [5.74, 6) is 2.54. The molecule has 3 atom stereocenters. The lowest BCUT2D eigenvalue weighted by Gasteiger charge is -2.48. The molecule has 0 bridgehead atoms. The Bertz CT molecular complexity index is 317. The van der Waals surface area contributed by atoms with Gasteiger partial charge in [0.15, 0.2) is 0 Å². The first-order valence-electron chi connectivity index (χ1n) is 8.48. The third-order valence-corrected chi connectivity index (χ3v) is 6.42. The Morgan fingerprint density at radius 1 is 1.00 bits per heavy atom. The second-order valence-corrected chi connectivity index (χ2v) is 8.18. The van der Waals surface area contributed by atoms with Crippen molar-refractivity contribution >= 4 is 0 Å². The summed E-state index contributed by atoms with van der Waals surface area (Å²) < 4.78 is 0. The van der Waals surface area contributed by atoms with Crippen LogP contribution in [0.2, 0.25) is 0 Å². The molecule has 3 unspecified atom stereocenters. The summed E-state index contributed by atoms with van der Waals surface area (Å²) in [7, 11) is 0. The Morgan fingerprint density at radius 3 is 2.26 bits per heavy atom. The third kappa shape index (κ3) is 3.00. The minimum atomic E-state index is 0.411. The molecule has 0 radical (unpaired) electrons. The van der Waals surface area contributed by atoms with Crippen molar-refractivity contribution < 1.29 is 0 Å². The lowest BCUT2D eigenvalue weighted by atomic mass is 9.61. The largest absolute Gasteiger partial charge is 0.327 e. The molecular formula is C17H32N2. The van der Waals surface area contributed by atoms with E-state index in [2.05, 4.69) is 25.7 Å². The molecule has 3 saturated carbocycles. The van der Waals surface area contributed by atoms with E-state index in [1.807, 2.05) is 0 Å². The smallest absolute Gasteiger partial charge is 0.00966 e. The van der Waals surface area contributed by atoms with Crippen LogP contribution >= 0.6 is 0 Å². The highest BCUT2D eigenvalue weighted by Gasteiger charge is 2.44. The normalized spacial score (nSPS) is 38.7. The third-order valence-electron chi connectivity index (χ3n) is 6.42. The average Bonchev–Trinajstić information content (AvgIpc) is 3.21. The fourth-order valence-electron chi connectivity index (χ4n) is 3.99. The van der Waals surface area contributed by atoms with E-state index < -0.39 is 0 Å². The standard InChI is InChI=1S/C17H32N2/c1-12-16(18)9-6-14(17(12,2)3)11-19(15-7-8-15)10-13-4-5-13/h12-16H,4-11,18H2,1-3H3. The first-order chi connectivity index (χ1) is 8.98. The molecule has 110 valence electrons. The van der Waals surface area contributed by atoms with E-state index in [1.54, 1.807) is 0 Å². The maximum Gasteiger partial charge on any atom is 0.00966 e. The van der Waals surface area contributed by atoms with Gasteiger partial charge in [-0.05, 0) is 61.7 Å². The van der Waals surface area contributed by atoms with Crippen molar-refractivity contribution in [3.8, 4) is 0 Å². The summed E-state index contributed by atoms with van der Waals surface area (Å²) in [4.78, 5) is 2.84. The molecule has 3 fully saturated rings. The highest BCUT2D eigenvalue weighted by atomic mass is 15.2. The van der Waals surface area contributed by atoms with Crippen LogP contribution in [-0.4, -0.2) is 30.1 Å². The van der Waals surface area contributed by atoms with Crippen LogP contribution in [0.3, 0.4) is 0 Å². The number of nitrogens with two attached hydrogens (primary N) is 1. The summed E-state index contributed by atoms with van der Waals surface area (Å²) in [6.45, 7) is 10.0. The summed E-state index contributed by atoms with van der Waals surface area (Å²) >= 11 is 0. The van der Waals surface area contributed by atoms with Crippen LogP contribution in [-0.2, 0) is 0 Å². The summed E-state index contributed by atoms with van der Waals surface area (Å²) in [6, 6.07) is 1.35. The van der Waals surface area contributed by atoms with Gasteiger partial charge in [0, 0.05) is 25.2 Å². The summed E-state index contributed by atoms with van der Waals surface area (Å²) in [5.41, 5.74) is 6.71. The van der Waals surface area contributed by atoms with Crippen LogP contribution in [0.15, 0.2) is 0 Å². The van der Waals surface area contributed by atoms with E-state index in [1.165, 1.54) is 51.6 Å². The predicted octanol–water partition coefficient (Wildman–Crippen LogP) is 3.26. The second kappa shape index (κ2) is 5.04. The van der Waals surface area contributed by atoms with Gasteiger partial charge in [-0.3, -0.25) is 4.90 Å². The molecule has 0 heterocycles. The van der Waals surface area contributed by atoms with Gasteiger partial charge in [-0.1, -0.05) is 20.8 Å². The van der Waals surface area contributed by atoms with Crippen LogP contribution in [0, 0.1) is 23.2 Å². The maximum atomic E-state index is 6.30. The fraction of sp³-hybridized carbons (Fsp3) is 1.00. The Hall–Kier alpha value is -0.0800. The molecule has 0 aromatic heterocycles. The molecule has 19 heavy (non-hydrogen) atoms. The van der Waals surface area contributed by atoms with Crippen molar-refractivity contribution in [2.45, 2.75) is 71.4 Å². The molecule has 0 saturated heterocycles. The molecule has 3 aliphatic rings. The minimum absolute atomic E-state index is 0.411. The Labute approximate surface area is 119 Å². The van der Waals surface area contributed by atoms with E-state index in [-0.39, 0.29) is 0 Å². The highest BCUT2D eigenvalue weighted by Crippen LogP contribution is 2.46. The first kappa shape index (κ1) is 13.9. The van der Waals surface area contributed by atoms with Crippen LogP contribution in [0.4, 0.5) is 0 Å². The quantitative estimate of drug-likeness (QED) is 0.826. The number of hydrogen-bond donors (Lipinski definition) is 1. The van der Waals surface area contributed by atoms with Gasteiger partial charge in [-0.25, -0.2) is 0 Å². The lowest BCUT2D eigenvalue weighted by molar-refractivity contribution is 0.0257. The van der Waals surface area contributed by atoms with Gasteiger partial charge in [-0.2, -0.15) is 0 Å². The number of nitrogens with zero attached hydrogens (tertiary/aromatic N) is 1. The number of rotatable bonds is 5. The van der Waals surface area contributed by atoms with Gasteiger partial charge in [0.25, 0.3) is 0 Å². The molecule has 0 aliphatic heterocycles. The molecule has 0 aromatic carbocycles. The predicted molar refractivity (Wildman–Crippen MR) is 81.0 cm³/mol. The van der Waals surface area contributed by atoms with Gasteiger partial charge in [0.1, 0.15) is 0 Å². The van der Waals surface area contributed by atoms with E-state index in [0.29, 0.717) is 17.4 Å². The Morgan fingerprint density at radius 2 is 1.68 bits per heavy atom. The van der Waals surface area contributed by atoms with E-state index >= 15 is 0 Å². The van der Waals surface area contributed by atoms with Gasteiger partial charge < -0.3 is 5.73 Å². The molecule has 3 rings (SSSR count). The van der Waals surface area contributed by atoms with Gasteiger partial charge in [-0.15, -0.1) is 0 Å². The molecular weight excluding hydrogens is 232 g/mol. The zero-order chi connectivity index (χ0) is 13.6. The molecule has 2 N–H and O–H groups in total. The Balaban J connectivity index is 1.63. The van der Waals surface area contributed by atoms with Crippen molar-refractivity contribution in [3.63, 3.8) is 0 Å². The van der Waals surface area contributed by atoms with Crippen molar-refractivity contribution in [2.24, 2.45) is 28.9 Å². The SMILES string of the molecule is CC1C(N)CCC(CN(CC2CC2)C2CC2)C1(C)C. The molecule has 0 spiro atoms. The summed E-state index contributed by atoms with van der Waals surface area (Å²) in [6.07, 6.45) is 8.45. The molecule has 2 nitrogen and oxygen atoms in total. The van der Waals surface area contributed by atoms with E-state index in [9.17, 15) is 0 Å². The van der Waals surface area contributed by atoms with Crippen LogP contribution < -0.4 is 5.73 Å². The molecule has 2 heteroatoms. The topological polar surface area (TPSA) is 29.3 Å². The summed E-state index contributed by atoms with van der Waals surface area (Å²) in [5, 5.41) is 0. The monoisotopic (exact) mass is 264 g/mol. The van der Waals surface area contributed by atoms with E-state index in [0.717, 1.165) is 17.9 Å². The maximum absolute atomic E-state index is 6.30. The van der Waals surface area contributed by atoms with Gasteiger partial charge >= 0.3 is 0 Å². The van der Waals surface area contributed by atoms with Crippen molar-refractivity contribution in [1.29, 1.82) is 0 Å². The second-order valence-electron chi connectivity index (χ2n) is 8.18. The van der Waals surface area contributed by atoms with Crippen molar-refractivity contribution in [2.75, 3.05) is 13.1 Å². The van der Waals surface area contributed by atoms with E-state index in [4.69, 9.17) is 5.73 Å². The first-order valence-corrected chi connectivity index (χ1v) is 8.48. The number of hydrogen-bond acceptors (Lipinski definition) is 2. The molecule has 0 amide bonds. The van der Waals surface area contributed by atoms with Gasteiger partial charge in [0.05, 0.1) is 0 Å². The minimum Gasteiger partial charge on any atom is -0.327 e. The Kier molecular flexibility index (Phi) is 3.68. The van der Waals surface area contributed by atoms with Gasteiger partial charge in [0.2, 0.25) is 0 Å². The zero-order valence-corrected chi connectivity index (χ0v) is 13.1. The zero-order valence-electron chi connectivity index (χ0n) is 13.1. The highest BCUT2D eigenvalue weighted by molar-refractivity contribution is 4.97. The molecule has 0 aromatic rings. The lowest BCUT2D eigenvalue weighted by Crippen LogP contribution is -2.50.